The van der Waals surface area contributed by atoms with Gasteiger partial charge in [-0.1, -0.05) is 12.1 Å². The van der Waals surface area contributed by atoms with Gasteiger partial charge < -0.3 is 4.74 Å². The van der Waals surface area contributed by atoms with Crippen LogP contribution >= 0.6 is 0 Å². The SMILES string of the molecule is FC(F)(F)Oc1cccc(Cc2ncn[nH]2)c1. The summed E-state index contributed by atoms with van der Waals surface area (Å²) in [5.74, 6) is 0.337. The molecule has 0 aliphatic heterocycles. The Bertz CT molecular complexity index is 482. The maximum Gasteiger partial charge on any atom is 0.573 e. The Hall–Kier alpha value is -2.05. The van der Waals surface area contributed by atoms with Crippen molar-refractivity contribution >= 4 is 0 Å². The topological polar surface area (TPSA) is 50.8 Å². The minimum atomic E-state index is -4.68. The van der Waals surface area contributed by atoms with Gasteiger partial charge in [0.25, 0.3) is 0 Å². The van der Waals surface area contributed by atoms with Crippen molar-refractivity contribution in [1.29, 1.82) is 0 Å². The molecule has 0 fully saturated rings. The second-order valence-electron chi connectivity index (χ2n) is 3.30. The molecule has 1 heterocycles. The molecule has 1 aromatic carbocycles. The van der Waals surface area contributed by atoms with Gasteiger partial charge in [-0.15, -0.1) is 13.2 Å². The molecule has 0 amide bonds. The van der Waals surface area contributed by atoms with Crippen LogP contribution < -0.4 is 4.74 Å². The van der Waals surface area contributed by atoms with Gasteiger partial charge in [0.15, 0.2) is 0 Å². The molecule has 0 aliphatic rings. The van der Waals surface area contributed by atoms with Crippen molar-refractivity contribution in [3.63, 3.8) is 0 Å². The van der Waals surface area contributed by atoms with Crippen LogP contribution in [0, 0.1) is 0 Å². The van der Waals surface area contributed by atoms with Crippen LogP contribution in [0.15, 0.2) is 30.6 Å². The standard InChI is InChI=1S/C10H8F3N3O/c11-10(12,13)17-8-3-1-2-7(4-8)5-9-14-6-15-16-9/h1-4,6H,5H2,(H,14,15,16). The largest absolute Gasteiger partial charge is 0.573 e. The Morgan fingerprint density at radius 3 is 2.76 bits per heavy atom. The number of hydrogen-bond donors (Lipinski definition) is 1. The van der Waals surface area contributed by atoms with E-state index in [-0.39, 0.29) is 5.75 Å². The summed E-state index contributed by atoms with van der Waals surface area (Å²) in [6.45, 7) is 0. The van der Waals surface area contributed by atoms with Crippen LogP contribution in [0.5, 0.6) is 5.75 Å². The van der Waals surface area contributed by atoms with E-state index in [1.165, 1.54) is 24.5 Å². The molecule has 0 saturated heterocycles. The normalized spacial score (nSPS) is 11.5. The van der Waals surface area contributed by atoms with Crippen molar-refractivity contribution in [3.05, 3.63) is 42.0 Å². The number of nitrogens with one attached hydrogen (secondary N) is 1. The van der Waals surface area contributed by atoms with E-state index in [2.05, 4.69) is 19.9 Å². The van der Waals surface area contributed by atoms with Crippen molar-refractivity contribution in [3.8, 4) is 5.75 Å². The Morgan fingerprint density at radius 2 is 2.12 bits per heavy atom. The maximum absolute atomic E-state index is 12.0. The van der Waals surface area contributed by atoms with E-state index in [0.717, 1.165) is 0 Å². The Kier molecular flexibility index (Phi) is 2.99. The predicted octanol–water partition coefficient (Wildman–Crippen LogP) is 2.29. The van der Waals surface area contributed by atoms with Crippen molar-refractivity contribution in [2.24, 2.45) is 0 Å². The van der Waals surface area contributed by atoms with Gasteiger partial charge >= 0.3 is 6.36 Å². The van der Waals surface area contributed by atoms with Crippen LogP contribution in [0.25, 0.3) is 0 Å². The molecule has 2 rings (SSSR count). The minimum absolute atomic E-state index is 0.241. The first-order valence-corrected chi connectivity index (χ1v) is 4.72. The Balaban J connectivity index is 2.12. The van der Waals surface area contributed by atoms with E-state index in [1.54, 1.807) is 6.07 Å². The third kappa shape index (κ3) is 3.47. The van der Waals surface area contributed by atoms with Crippen LogP contribution in [-0.4, -0.2) is 21.5 Å². The second-order valence-corrected chi connectivity index (χ2v) is 3.30. The maximum atomic E-state index is 12.0. The summed E-state index contributed by atoms with van der Waals surface area (Å²) in [6.07, 6.45) is -2.97. The van der Waals surface area contributed by atoms with Gasteiger partial charge in [-0.3, -0.25) is 5.10 Å². The van der Waals surface area contributed by atoms with E-state index >= 15 is 0 Å². The van der Waals surface area contributed by atoms with Crippen molar-refractivity contribution in [2.45, 2.75) is 12.8 Å². The average molecular weight is 243 g/mol. The number of alkyl halides is 3. The van der Waals surface area contributed by atoms with Gasteiger partial charge in [0.1, 0.15) is 17.9 Å². The highest BCUT2D eigenvalue weighted by Gasteiger charge is 2.31. The number of halogens is 3. The first kappa shape index (κ1) is 11.4. The van der Waals surface area contributed by atoms with Crippen molar-refractivity contribution in [1.82, 2.24) is 15.2 Å². The summed E-state index contributed by atoms with van der Waals surface area (Å²) in [6, 6.07) is 5.74. The summed E-state index contributed by atoms with van der Waals surface area (Å²) in [5.41, 5.74) is 0.656. The molecule has 0 spiro atoms. The number of aromatic nitrogens is 3. The molecule has 0 radical (unpaired) electrons. The lowest BCUT2D eigenvalue weighted by atomic mass is 10.1. The van der Waals surface area contributed by atoms with E-state index in [1.807, 2.05) is 0 Å². The van der Waals surface area contributed by atoms with Crippen LogP contribution in [0.1, 0.15) is 11.4 Å². The third-order valence-electron chi connectivity index (χ3n) is 1.97. The lowest BCUT2D eigenvalue weighted by molar-refractivity contribution is -0.274. The van der Waals surface area contributed by atoms with E-state index in [9.17, 15) is 13.2 Å². The molecule has 0 unspecified atom stereocenters. The molecule has 0 bridgehead atoms. The monoisotopic (exact) mass is 243 g/mol. The molecule has 4 nitrogen and oxygen atoms in total. The Labute approximate surface area is 94.4 Å². The van der Waals surface area contributed by atoms with Gasteiger partial charge in [-0.05, 0) is 17.7 Å². The third-order valence-corrected chi connectivity index (χ3v) is 1.97. The van der Waals surface area contributed by atoms with Gasteiger partial charge in [0.05, 0.1) is 0 Å². The number of ether oxygens (including phenoxy) is 1. The first-order valence-electron chi connectivity index (χ1n) is 4.72. The molecule has 0 atom stereocenters. The highest BCUT2D eigenvalue weighted by Crippen LogP contribution is 2.23. The van der Waals surface area contributed by atoms with Crippen LogP contribution in [0.4, 0.5) is 13.2 Å². The second kappa shape index (κ2) is 4.44. The number of benzene rings is 1. The van der Waals surface area contributed by atoms with Gasteiger partial charge in [0, 0.05) is 6.42 Å². The first-order chi connectivity index (χ1) is 8.03. The quantitative estimate of drug-likeness (QED) is 0.899. The van der Waals surface area contributed by atoms with E-state index in [4.69, 9.17) is 0 Å². The summed E-state index contributed by atoms with van der Waals surface area (Å²) in [4.78, 5) is 3.89. The zero-order chi connectivity index (χ0) is 12.3. The highest BCUT2D eigenvalue weighted by molar-refractivity contribution is 5.30. The minimum Gasteiger partial charge on any atom is -0.406 e. The molecule has 1 aromatic heterocycles. The fourth-order valence-corrected chi connectivity index (χ4v) is 1.36. The molecule has 1 N–H and O–H groups in total. The number of aromatic amines is 1. The van der Waals surface area contributed by atoms with Gasteiger partial charge in [-0.2, -0.15) is 5.10 Å². The van der Waals surface area contributed by atoms with E-state index < -0.39 is 6.36 Å². The molecule has 0 saturated carbocycles. The summed E-state index contributed by atoms with van der Waals surface area (Å²) in [7, 11) is 0. The lowest BCUT2D eigenvalue weighted by Gasteiger charge is -2.09. The summed E-state index contributed by atoms with van der Waals surface area (Å²) in [5, 5.41) is 6.28. The van der Waals surface area contributed by atoms with Crippen LogP contribution in [0.3, 0.4) is 0 Å². The van der Waals surface area contributed by atoms with Crippen molar-refractivity contribution in [2.75, 3.05) is 0 Å². The molecule has 17 heavy (non-hydrogen) atoms. The number of rotatable bonds is 3. The summed E-state index contributed by atoms with van der Waals surface area (Å²) < 4.78 is 39.8. The fourth-order valence-electron chi connectivity index (χ4n) is 1.36. The fraction of sp³-hybridized carbons (Fsp3) is 0.200. The smallest absolute Gasteiger partial charge is 0.406 e. The zero-order valence-electron chi connectivity index (χ0n) is 8.53. The molecule has 0 aliphatic carbocycles. The van der Waals surface area contributed by atoms with Crippen LogP contribution in [0.2, 0.25) is 0 Å². The van der Waals surface area contributed by atoms with Gasteiger partial charge in [0.2, 0.25) is 0 Å². The number of hydrogen-bond acceptors (Lipinski definition) is 3. The molecule has 2 aromatic rings. The average Bonchev–Trinajstić information content (AvgIpc) is 2.68. The Morgan fingerprint density at radius 1 is 1.29 bits per heavy atom. The molecule has 90 valence electrons. The van der Waals surface area contributed by atoms with Crippen LogP contribution in [-0.2, 0) is 6.42 Å². The van der Waals surface area contributed by atoms with Gasteiger partial charge in [-0.25, -0.2) is 4.98 Å². The number of H-pyrrole nitrogens is 1. The summed E-state index contributed by atoms with van der Waals surface area (Å²) >= 11 is 0. The van der Waals surface area contributed by atoms with Crippen molar-refractivity contribution < 1.29 is 17.9 Å². The molecular weight excluding hydrogens is 235 g/mol. The zero-order valence-corrected chi connectivity index (χ0v) is 8.53. The van der Waals surface area contributed by atoms with E-state index in [0.29, 0.717) is 17.8 Å². The lowest BCUT2D eigenvalue weighted by Crippen LogP contribution is -2.17. The number of nitrogens with zero attached hydrogens (tertiary/aromatic N) is 2. The molecular formula is C10H8F3N3O. The molecule has 7 heteroatoms. The predicted molar refractivity (Wildman–Crippen MR) is 52.3 cm³/mol. The highest BCUT2D eigenvalue weighted by atomic mass is 19.4.